The van der Waals surface area contributed by atoms with Gasteiger partial charge >= 0.3 is 0 Å². The molecule has 1 saturated heterocycles. The highest BCUT2D eigenvalue weighted by molar-refractivity contribution is 7.13. The minimum absolute atomic E-state index is 0.0107. The van der Waals surface area contributed by atoms with Crippen molar-refractivity contribution in [1.29, 1.82) is 0 Å². The van der Waals surface area contributed by atoms with E-state index < -0.39 is 0 Å². The Labute approximate surface area is 178 Å². The molecule has 0 amide bonds. The van der Waals surface area contributed by atoms with Crippen molar-refractivity contribution < 1.29 is 4.79 Å². The van der Waals surface area contributed by atoms with Crippen LogP contribution in [0.4, 0.5) is 5.69 Å². The molecule has 0 unspecified atom stereocenters. The molecule has 4 aromatic rings. The highest BCUT2D eigenvalue weighted by Crippen LogP contribution is 2.36. The highest BCUT2D eigenvalue weighted by atomic mass is 32.1. The van der Waals surface area contributed by atoms with Gasteiger partial charge in [-0.05, 0) is 43.3 Å². The van der Waals surface area contributed by atoms with Crippen LogP contribution >= 0.6 is 11.3 Å². The predicted molar refractivity (Wildman–Crippen MR) is 119 cm³/mol. The van der Waals surface area contributed by atoms with Crippen molar-refractivity contribution >= 4 is 28.5 Å². The van der Waals surface area contributed by atoms with E-state index in [0.29, 0.717) is 12.1 Å². The number of hydrogen-bond acceptors (Lipinski definition) is 7. The molecule has 30 heavy (non-hydrogen) atoms. The molecule has 0 saturated carbocycles. The number of nitrogens with zero attached hydrogens (tertiary/aromatic N) is 5. The zero-order chi connectivity index (χ0) is 20.7. The number of carbonyl (C=O) groups excluding carboxylic acids is 1. The van der Waals surface area contributed by atoms with E-state index in [-0.39, 0.29) is 11.8 Å². The van der Waals surface area contributed by atoms with E-state index in [0.717, 1.165) is 52.5 Å². The van der Waals surface area contributed by atoms with Crippen molar-refractivity contribution in [2.75, 3.05) is 18.0 Å². The van der Waals surface area contributed by atoms with Gasteiger partial charge in [0.25, 0.3) is 0 Å². The third kappa shape index (κ3) is 3.28. The van der Waals surface area contributed by atoms with Gasteiger partial charge < -0.3 is 10.6 Å². The van der Waals surface area contributed by atoms with Crippen molar-refractivity contribution in [1.82, 2.24) is 19.6 Å². The van der Waals surface area contributed by atoms with Crippen LogP contribution in [0.2, 0.25) is 0 Å². The van der Waals surface area contributed by atoms with Crippen LogP contribution in [0.15, 0.2) is 48.2 Å². The van der Waals surface area contributed by atoms with Crippen LogP contribution in [0.1, 0.15) is 30.1 Å². The molecule has 0 radical (unpaired) electrons. The molecule has 152 valence electrons. The van der Waals surface area contributed by atoms with E-state index in [1.807, 2.05) is 23.7 Å². The van der Waals surface area contributed by atoms with E-state index in [1.165, 1.54) is 0 Å². The van der Waals surface area contributed by atoms with Crippen LogP contribution < -0.4 is 10.6 Å². The van der Waals surface area contributed by atoms with Crippen molar-refractivity contribution in [3.05, 3.63) is 53.8 Å². The Hall–Kier alpha value is -3.10. The number of hydrogen-bond donors (Lipinski definition) is 1. The molecule has 4 aromatic heterocycles. The number of pyridine rings is 1. The molecular formula is C22H22N6OS. The Morgan fingerprint density at radius 1 is 1.30 bits per heavy atom. The van der Waals surface area contributed by atoms with Crippen molar-refractivity contribution in [3.63, 3.8) is 0 Å². The van der Waals surface area contributed by atoms with Crippen molar-refractivity contribution in [2.24, 2.45) is 5.73 Å². The molecule has 1 aliphatic rings. The summed E-state index contributed by atoms with van der Waals surface area (Å²) in [6, 6.07) is 7.89. The number of anilines is 1. The average Bonchev–Trinajstić information content (AvgIpc) is 3.42. The van der Waals surface area contributed by atoms with E-state index in [1.54, 1.807) is 41.2 Å². The van der Waals surface area contributed by atoms with Crippen LogP contribution in [-0.4, -0.2) is 44.5 Å². The van der Waals surface area contributed by atoms with E-state index in [4.69, 9.17) is 10.7 Å². The molecule has 0 spiro atoms. The SMILES string of the molecule is CC(=O)c1ccnc(-c2cnn3ccc(-c4cccs4)nc23)c1N1CCC[C@H](N)C1. The summed E-state index contributed by atoms with van der Waals surface area (Å²) in [7, 11) is 0. The summed E-state index contributed by atoms with van der Waals surface area (Å²) in [4.78, 5) is 25.3. The van der Waals surface area contributed by atoms with Crippen LogP contribution in [-0.2, 0) is 0 Å². The zero-order valence-electron chi connectivity index (χ0n) is 16.7. The first-order chi connectivity index (χ1) is 14.6. The standard InChI is InChI=1S/C22H22N6OS/c1-14(29)16-6-8-24-20(21(16)27-9-2-4-15(23)13-27)17-12-25-28-10-7-18(26-22(17)28)19-5-3-11-30-19/h3,5-8,10-12,15H,2,4,9,13,23H2,1H3/t15-/m0/s1. The van der Waals surface area contributed by atoms with Crippen LogP contribution in [0.5, 0.6) is 0 Å². The maximum Gasteiger partial charge on any atom is 0.165 e. The van der Waals surface area contributed by atoms with Crippen LogP contribution in [0, 0.1) is 0 Å². The van der Waals surface area contributed by atoms with Gasteiger partial charge in [-0.15, -0.1) is 11.3 Å². The molecule has 1 fully saturated rings. The summed E-state index contributed by atoms with van der Waals surface area (Å²) in [6.45, 7) is 3.14. The maximum atomic E-state index is 12.5. The summed E-state index contributed by atoms with van der Waals surface area (Å²) in [6.07, 6.45) is 7.35. The lowest BCUT2D eigenvalue weighted by molar-refractivity contribution is 0.101. The third-order valence-electron chi connectivity index (χ3n) is 5.48. The Morgan fingerprint density at radius 3 is 2.97 bits per heavy atom. The first-order valence-electron chi connectivity index (χ1n) is 10.0. The van der Waals surface area contributed by atoms with Gasteiger partial charge in [-0.25, -0.2) is 9.50 Å². The number of thiophene rings is 1. The zero-order valence-corrected chi connectivity index (χ0v) is 17.5. The minimum Gasteiger partial charge on any atom is -0.368 e. The molecule has 0 aliphatic carbocycles. The summed E-state index contributed by atoms with van der Waals surface area (Å²) >= 11 is 1.65. The quantitative estimate of drug-likeness (QED) is 0.509. The summed E-state index contributed by atoms with van der Waals surface area (Å²) in [5, 5.41) is 6.52. The van der Waals surface area contributed by atoms with Gasteiger partial charge in [0.2, 0.25) is 0 Å². The van der Waals surface area contributed by atoms with Gasteiger partial charge in [0, 0.05) is 37.1 Å². The Kier molecular flexibility index (Phi) is 4.80. The highest BCUT2D eigenvalue weighted by Gasteiger charge is 2.26. The Bertz CT molecular complexity index is 1220. The van der Waals surface area contributed by atoms with Crippen LogP contribution in [0.3, 0.4) is 0 Å². The smallest absolute Gasteiger partial charge is 0.165 e. The molecule has 0 bridgehead atoms. The topological polar surface area (TPSA) is 89.4 Å². The second kappa shape index (κ2) is 7.62. The number of carbonyl (C=O) groups is 1. The fourth-order valence-electron chi connectivity index (χ4n) is 4.07. The van der Waals surface area contributed by atoms with E-state index >= 15 is 0 Å². The second-order valence-electron chi connectivity index (χ2n) is 7.58. The predicted octanol–water partition coefficient (Wildman–Crippen LogP) is 3.65. The molecular weight excluding hydrogens is 396 g/mol. The largest absolute Gasteiger partial charge is 0.368 e. The number of nitrogens with two attached hydrogens (primary N) is 1. The molecule has 1 atom stereocenters. The maximum absolute atomic E-state index is 12.5. The number of ketones is 1. The number of Topliss-reactive ketones (excluding diaryl/α,β-unsaturated/α-hetero) is 1. The molecule has 2 N–H and O–H groups in total. The second-order valence-corrected chi connectivity index (χ2v) is 8.52. The van der Waals surface area contributed by atoms with Crippen molar-refractivity contribution in [2.45, 2.75) is 25.8 Å². The van der Waals surface area contributed by atoms with Gasteiger partial charge in [-0.2, -0.15) is 5.10 Å². The van der Waals surface area contributed by atoms with Gasteiger partial charge in [0.1, 0.15) is 0 Å². The lowest BCUT2D eigenvalue weighted by atomic mass is 10.0. The first-order valence-corrected chi connectivity index (χ1v) is 10.9. The van der Waals surface area contributed by atoms with Gasteiger partial charge in [0.05, 0.1) is 33.7 Å². The number of rotatable bonds is 4. The molecule has 5 heterocycles. The van der Waals surface area contributed by atoms with Gasteiger partial charge in [-0.3, -0.25) is 9.78 Å². The number of aromatic nitrogens is 4. The van der Waals surface area contributed by atoms with Gasteiger partial charge in [0.15, 0.2) is 11.4 Å². The summed E-state index contributed by atoms with van der Waals surface area (Å²) in [5.74, 6) is 0.0107. The number of piperidine rings is 1. The molecule has 5 rings (SSSR count). The Morgan fingerprint density at radius 2 is 2.20 bits per heavy atom. The molecule has 0 aromatic carbocycles. The van der Waals surface area contributed by atoms with E-state index in [9.17, 15) is 4.79 Å². The first kappa shape index (κ1) is 18.9. The molecule has 1 aliphatic heterocycles. The lowest BCUT2D eigenvalue weighted by Crippen LogP contribution is -2.43. The van der Waals surface area contributed by atoms with E-state index in [2.05, 4.69) is 21.0 Å². The lowest BCUT2D eigenvalue weighted by Gasteiger charge is -2.34. The van der Waals surface area contributed by atoms with Crippen LogP contribution in [0.25, 0.3) is 27.5 Å². The average molecular weight is 419 g/mol. The Balaban J connectivity index is 1.70. The fourth-order valence-corrected chi connectivity index (χ4v) is 4.76. The van der Waals surface area contributed by atoms with Gasteiger partial charge in [-0.1, -0.05) is 6.07 Å². The molecule has 8 heteroatoms. The molecule has 7 nitrogen and oxygen atoms in total. The third-order valence-corrected chi connectivity index (χ3v) is 6.37. The summed E-state index contributed by atoms with van der Waals surface area (Å²) in [5.41, 5.74) is 10.9. The normalized spacial score (nSPS) is 16.9. The summed E-state index contributed by atoms with van der Waals surface area (Å²) < 4.78 is 1.75. The fraction of sp³-hybridized carbons (Fsp3) is 0.273. The minimum atomic E-state index is 0.0107. The van der Waals surface area contributed by atoms with Crippen molar-refractivity contribution in [3.8, 4) is 21.8 Å². The monoisotopic (exact) mass is 418 g/mol. The number of fused-ring (bicyclic) bond motifs is 1.